The maximum Gasteiger partial charge on any atom is 0.244 e. The molecule has 0 unspecified atom stereocenters. The van der Waals surface area contributed by atoms with Crippen LogP contribution in [-0.4, -0.2) is 40.8 Å². The number of methoxy groups -OCH3 is 1. The van der Waals surface area contributed by atoms with Gasteiger partial charge in [0.2, 0.25) is 11.8 Å². The summed E-state index contributed by atoms with van der Waals surface area (Å²) in [6, 6.07) is 14.9. The van der Waals surface area contributed by atoms with Crippen molar-refractivity contribution in [2.45, 2.75) is 5.16 Å². The number of rotatable bonds is 5. The van der Waals surface area contributed by atoms with Crippen molar-refractivity contribution in [1.82, 2.24) is 9.55 Å². The van der Waals surface area contributed by atoms with Crippen LogP contribution in [0.4, 0.5) is 11.4 Å². The van der Waals surface area contributed by atoms with E-state index in [1.165, 1.54) is 16.7 Å². The third kappa shape index (κ3) is 3.59. The van der Waals surface area contributed by atoms with E-state index in [1.807, 2.05) is 53.2 Å². The van der Waals surface area contributed by atoms with Gasteiger partial charge in [0.1, 0.15) is 12.3 Å². The molecule has 0 bridgehead atoms. The molecule has 8 heteroatoms. The predicted octanol–water partition coefficient (Wildman–Crippen LogP) is 2.96. The normalized spacial score (nSPS) is 13.0. The Balaban J connectivity index is 1.49. The lowest BCUT2D eigenvalue weighted by molar-refractivity contribution is -0.120. The molecule has 0 radical (unpaired) electrons. The van der Waals surface area contributed by atoms with Crippen LogP contribution in [0.5, 0.6) is 5.75 Å². The molecule has 142 valence electrons. The number of carbonyl (C=O) groups is 2. The first kappa shape index (κ1) is 18.1. The summed E-state index contributed by atoms with van der Waals surface area (Å²) in [5.41, 5.74) is 2.29. The quantitative estimate of drug-likeness (QED) is 0.674. The number of benzene rings is 2. The van der Waals surface area contributed by atoms with Crippen molar-refractivity contribution in [3.63, 3.8) is 0 Å². The summed E-state index contributed by atoms with van der Waals surface area (Å²) in [6.07, 6.45) is 3.54. The van der Waals surface area contributed by atoms with Crippen LogP contribution in [0.2, 0.25) is 0 Å². The Morgan fingerprint density at radius 1 is 1.21 bits per heavy atom. The summed E-state index contributed by atoms with van der Waals surface area (Å²) in [5, 5.41) is 3.49. The number of hydrogen-bond acceptors (Lipinski definition) is 5. The van der Waals surface area contributed by atoms with Gasteiger partial charge in [0.05, 0.1) is 24.2 Å². The molecule has 7 nitrogen and oxygen atoms in total. The second kappa shape index (κ2) is 7.77. The summed E-state index contributed by atoms with van der Waals surface area (Å²) in [5.74, 6) is 0.609. The zero-order valence-electron chi connectivity index (χ0n) is 15.2. The van der Waals surface area contributed by atoms with Gasteiger partial charge in [-0.2, -0.15) is 0 Å². The second-order valence-corrected chi connectivity index (χ2v) is 7.05. The van der Waals surface area contributed by atoms with Gasteiger partial charge in [-0.1, -0.05) is 23.9 Å². The summed E-state index contributed by atoms with van der Waals surface area (Å²) in [7, 11) is 1.62. The second-order valence-electron chi connectivity index (χ2n) is 6.11. The number of imidazole rings is 1. The van der Waals surface area contributed by atoms with Gasteiger partial charge >= 0.3 is 0 Å². The van der Waals surface area contributed by atoms with E-state index in [-0.39, 0.29) is 24.1 Å². The summed E-state index contributed by atoms with van der Waals surface area (Å²) < 4.78 is 7.10. The number of hydrogen-bond donors (Lipinski definition) is 1. The molecule has 2 heterocycles. The molecule has 28 heavy (non-hydrogen) atoms. The minimum atomic E-state index is -0.197. The number of para-hydroxylation sites is 2. The Labute approximate surface area is 166 Å². The lowest BCUT2D eigenvalue weighted by Gasteiger charge is -2.29. The van der Waals surface area contributed by atoms with Crippen LogP contribution in [0.25, 0.3) is 5.69 Å². The number of aromatic nitrogens is 2. The van der Waals surface area contributed by atoms with Crippen LogP contribution >= 0.6 is 11.8 Å². The van der Waals surface area contributed by atoms with Gasteiger partial charge in [0, 0.05) is 18.1 Å². The van der Waals surface area contributed by atoms with Gasteiger partial charge in [0.25, 0.3) is 0 Å². The van der Waals surface area contributed by atoms with Gasteiger partial charge in [0.15, 0.2) is 5.16 Å². The van der Waals surface area contributed by atoms with Crippen molar-refractivity contribution >= 4 is 35.0 Å². The Hall–Kier alpha value is -3.26. The zero-order chi connectivity index (χ0) is 19.5. The van der Waals surface area contributed by atoms with E-state index in [9.17, 15) is 9.59 Å². The van der Waals surface area contributed by atoms with E-state index in [1.54, 1.807) is 19.4 Å². The van der Waals surface area contributed by atoms with Crippen molar-refractivity contribution in [1.29, 1.82) is 0 Å². The van der Waals surface area contributed by atoms with E-state index in [4.69, 9.17) is 4.74 Å². The molecule has 1 N–H and O–H groups in total. The molecule has 1 aliphatic heterocycles. The van der Waals surface area contributed by atoms with Crippen LogP contribution in [0.1, 0.15) is 0 Å². The average molecular weight is 394 g/mol. The molecule has 0 aliphatic carbocycles. The Morgan fingerprint density at radius 3 is 2.79 bits per heavy atom. The Morgan fingerprint density at radius 2 is 2.00 bits per heavy atom. The fraction of sp³-hybridized carbons (Fsp3) is 0.150. The highest BCUT2D eigenvalue weighted by molar-refractivity contribution is 7.99. The fourth-order valence-electron chi connectivity index (χ4n) is 3.00. The number of nitrogens with zero attached hydrogens (tertiary/aromatic N) is 3. The largest absolute Gasteiger partial charge is 0.497 e. The number of carbonyl (C=O) groups excluding carboxylic acids is 2. The molecule has 0 saturated carbocycles. The number of anilines is 2. The molecule has 0 fully saturated rings. The minimum absolute atomic E-state index is 0.0172. The van der Waals surface area contributed by atoms with Crippen molar-refractivity contribution in [3.8, 4) is 11.4 Å². The number of nitrogens with one attached hydrogen (secondary N) is 1. The molecule has 4 rings (SSSR count). The van der Waals surface area contributed by atoms with Crippen molar-refractivity contribution in [2.24, 2.45) is 0 Å². The Kier molecular flexibility index (Phi) is 5.03. The number of fused-ring (bicyclic) bond motifs is 1. The summed E-state index contributed by atoms with van der Waals surface area (Å²) in [6.45, 7) is 0.0172. The van der Waals surface area contributed by atoms with Crippen LogP contribution in [0.15, 0.2) is 66.1 Å². The smallest absolute Gasteiger partial charge is 0.244 e. The number of amides is 2. The monoisotopic (exact) mass is 394 g/mol. The standard InChI is InChI=1S/C20H18N4O3S/c1-27-15-8-6-14(7-9-15)23-11-10-21-20(23)28-13-19(26)24-12-18(25)22-16-4-2-3-5-17(16)24/h2-11H,12-13H2,1H3,(H,22,25). The molecule has 3 aromatic rings. The summed E-state index contributed by atoms with van der Waals surface area (Å²) in [4.78, 5) is 30.6. The highest BCUT2D eigenvalue weighted by Crippen LogP contribution is 2.30. The van der Waals surface area contributed by atoms with Crippen LogP contribution in [-0.2, 0) is 9.59 Å². The highest BCUT2D eigenvalue weighted by atomic mass is 32.2. The fourth-order valence-corrected chi connectivity index (χ4v) is 3.84. The summed E-state index contributed by atoms with van der Waals surface area (Å²) >= 11 is 1.33. The molecule has 1 aromatic heterocycles. The van der Waals surface area contributed by atoms with Crippen LogP contribution < -0.4 is 15.0 Å². The van der Waals surface area contributed by atoms with Crippen molar-refractivity contribution in [3.05, 3.63) is 60.9 Å². The lowest BCUT2D eigenvalue weighted by Crippen LogP contribution is -2.43. The first-order valence-corrected chi connectivity index (χ1v) is 9.64. The topological polar surface area (TPSA) is 76.5 Å². The molecule has 1 aliphatic rings. The predicted molar refractivity (Wildman–Crippen MR) is 108 cm³/mol. The number of ether oxygens (including phenoxy) is 1. The third-order valence-corrected chi connectivity index (χ3v) is 5.31. The Bertz CT molecular complexity index is 1020. The van der Waals surface area contributed by atoms with E-state index in [2.05, 4.69) is 10.3 Å². The molecule has 2 aromatic carbocycles. The van der Waals surface area contributed by atoms with Gasteiger partial charge in [-0.15, -0.1) is 0 Å². The maximum atomic E-state index is 12.8. The molecule has 0 spiro atoms. The van der Waals surface area contributed by atoms with Crippen LogP contribution in [0, 0.1) is 0 Å². The molecular weight excluding hydrogens is 376 g/mol. The van der Waals surface area contributed by atoms with E-state index >= 15 is 0 Å². The third-order valence-electron chi connectivity index (χ3n) is 4.35. The molecule has 0 atom stereocenters. The van der Waals surface area contributed by atoms with E-state index in [0.29, 0.717) is 16.5 Å². The van der Waals surface area contributed by atoms with Gasteiger partial charge in [-0.25, -0.2) is 4.98 Å². The van der Waals surface area contributed by atoms with Crippen molar-refractivity contribution in [2.75, 3.05) is 29.6 Å². The molecular formula is C20H18N4O3S. The van der Waals surface area contributed by atoms with Crippen LogP contribution in [0.3, 0.4) is 0 Å². The molecule has 0 saturated heterocycles. The minimum Gasteiger partial charge on any atom is -0.497 e. The van der Waals surface area contributed by atoms with Gasteiger partial charge < -0.3 is 15.0 Å². The molecule has 2 amide bonds. The zero-order valence-corrected chi connectivity index (χ0v) is 16.0. The first-order chi connectivity index (χ1) is 13.7. The highest BCUT2D eigenvalue weighted by Gasteiger charge is 2.26. The van der Waals surface area contributed by atoms with Crippen molar-refractivity contribution < 1.29 is 14.3 Å². The first-order valence-electron chi connectivity index (χ1n) is 8.65. The van der Waals surface area contributed by atoms with Gasteiger partial charge in [-0.3, -0.25) is 14.2 Å². The number of thioether (sulfide) groups is 1. The van der Waals surface area contributed by atoms with E-state index < -0.39 is 0 Å². The average Bonchev–Trinajstić information content (AvgIpc) is 3.20. The SMILES string of the molecule is COc1ccc(-n2ccnc2SCC(=O)N2CC(=O)Nc3ccccc32)cc1. The van der Waals surface area contributed by atoms with Gasteiger partial charge in [-0.05, 0) is 36.4 Å². The maximum absolute atomic E-state index is 12.8. The van der Waals surface area contributed by atoms with E-state index in [0.717, 1.165) is 11.4 Å². The lowest BCUT2D eigenvalue weighted by atomic mass is 10.2.